The number of nitrogens with one attached hydrogen (secondary N) is 2. The first kappa shape index (κ1) is 22.2. The van der Waals surface area contributed by atoms with Gasteiger partial charge in [-0.2, -0.15) is 0 Å². The number of amides is 1. The number of ether oxygens (including phenoxy) is 4. The fourth-order valence-electron chi connectivity index (χ4n) is 2.32. The minimum atomic E-state index is -0.350. The van der Waals surface area contributed by atoms with Crippen LogP contribution in [0.1, 0.15) is 5.56 Å². The van der Waals surface area contributed by atoms with Crippen LogP contribution in [0.5, 0.6) is 17.2 Å². The van der Waals surface area contributed by atoms with E-state index in [1.807, 2.05) is 6.07 Å². The molecule has 0 aliphatic heterocycles. The Morgan fingerprint density at radius 3 is 2.38 bits per heavy atom. The number of anilines is 1. The molecule has 0 radical (unpaired) electrons. The Morgan fingerprint density at radius 2 is 1.72 bits per heavy atom. The van der Waals surface area contributed by atoms with Crippen LogP contribution in [0.2, 0.25) is 0 Å². The number of thiocarbonyl (C=S) groups is 1. The van der Waals surface area contributed by atoms with Gasteiger partial charge in [0.25, 0.3) is 0 Å². The Morgan fingerprint density at radius 1 is 1.00 bits per heavy atom. The molecule has 0 heterocycles. The summed E-state index contributed by atoms with van der Waals surface area (Å²) in [6, 6.07) is 12.6. The number of carbonyl (C=O) groups is 1. The van der Waals surface area contributed by atoms with E-state index in [2.05, 4.69) is 10.6 Å². The van der Waals surface area contributed by atoms with Crippen LogP contribution >= 0.6 is 12.2 Å². The van der Waals surface area contributed by atoms with Crippen LogP contribution in [0, 0.1) is 0 Å². The molecule has 0 spiro atoms. The van der Waals surface area contributed by atoms with Gasteiger partial charge in [0.05, 0.1) is 20.8 Å². The minimum Gasteiger partial charge on any atom is -0.493 e. The number of methoxy groups -OCH3 is 3. The third-order valence-corrected chi connectivity index (χ3v) is 3.94. The van der Waals surface area contributed by atoms with Crippen molar-refractivity contribution in [2.75, 3.05) is 39.9 Å². The number of hydrogen-bond donors (Lipinski definition) is 2. The summed E-state index contributed by atoms with van der Waals surface area (Å²) in [5.74, 6) is 1.58. The standard InChI is InChI=1S/C21H24N2O5S/c1-25-12-13-28-17-8-6-16(7-9-17)22-21(29)23-20(24)11-5-15-4-10-18(26-2)19(14-15)27-3/h4-11,14H,12-13H2,1-3H3,(H2,22,23,24,29)/b11-5+. The fourth-order valence-corrected chi connectivity index (χ4v) is 2.54. The Balaban J connectivity index is 1.85. The molecule has 0 bridgehead atoms. The fraction of sp³-hybridized carbons (Fsp3) is 0.238. The van der Waals surface area contributed by atoms with E-state index in [1.54, 1.807) is 63.8 Å². The van der Waals surface area contributed by atoms with Gasteiger partial charge < -0.3 is 24.3 Å². The van der Waals surface area contributed by atoms with Crippen molar-refractivity contribution >= 4 is 35.0 Å². The normalized spacial score (nSPS) is 10.4. The van der Waals surface area contributed by atoms with E-state index in [9.17, 15) is 4.79 Å². The zero-order chi connectivity index (χ0) is 21.1. The zero-order valence-electron chi connectivity index (χ0n) is 16.6. The van der Waals surface area contributed by atoms with Gasteiger partial charge in [-0.3, -0.25) is 10.1 Å². The first-order valence-electron chi connectivity index (χ1n) is 8.79. The predicted molar refractivity (Wildman–Crippen MR) is 117 cm³/mol. The molecule has 0 unspecified atom stereocenters. The highest BCUT2D eigenvalue weighted by Crippen LogP contribution is 2.27. The smallest absolute Gasteiger partial charge is 0.250 e. The molecular weight excluding hydrogens is 392 g/mol. The summed E-state index contributed by atoms with van der Waals surface area (Å²) < 4.78 is 20.9. The van der Waals surface area contributed by atoms with E-state index in [-0.39, 0.29) is 11.0 Å². The van der Waals surface area contributed by atoms with E-state index in [0.29, 0.717) is 24.7 Å². The average Bonchev–Trinajstić information content (AvgIpc) is 2.73. The summed E-state index contributed by atoms with van der Waals surface area (Å²) in [7, 11) is 4.74. The Hall–Kier alpha value is -3.10. The third-order valence-electron chi connectivity index (χ3n) is 3.74. The van der Waals surface area contributed by atoms with Crippen molar-refractivity contribution in [3.05, 3.63) is 54.1 Å². The number of rotatable bonds is 9. The third kappa shape index (κ3) is 7.44. The van der Waals surface area contributed by atoms with Crippen molar-refractivity contribution in [2.24, 2.45) is 0 Å². The summed E-state index contributed by atoms with van der Waals surface area (Å²) in [5, 5.41) is 5.74. The minimum absolute atomic E-state index is 0.194. The summed E-state index contributed by atoms with van der Waals surface area (Å²) >= 11 is 5.17. The molecule has 0 saturated carbocycles. The van der Waals surface area contributed by atoms with Gasteiger partial charge in [-0.15, -0.1) is 0 Å². The quantitative estimate of drug-likeness (QED) is 0.369. The van der Waals surface area contributed by atoms with Crippen molar-refractivity contribution in [2.45, 2.75) is 0 Å². The average molecular weight is 416 g/mol. The van der Waals surface area contributed by atoms with E-state index < -0.39 is 0 Å². The van der Waals surface area contributed by atoms with E-state index in [4.69, 9.17) is 31.2 Å². The van der Waals surface area contributed by atoms with Crippen LogP contribution in [-0.4, -0.2) is 45.6 Å². The Labute approximate surface area is 175 Å². The lowest BCUT2D eigenvalue weighted by molar-refractivity contribution is -0.115. The van der Waals surface area contributed by atoms with Crippen LogP contribution in [-0.2, 0) is 9.53 Å². The van der Waals surface area contributed by atoms with Crippen molar-refractivity contribution in [3.8, 4) is 17.2 Å². The van der Waals surface area contributed by atoms with Crippen molar-refractivity contribution in [1.29, 1.82) is 0 Å². The highest BCUT2D eigenvalue weighted by Gasteiger charge is 2.05. The summed E-state index contributed by atoms with van der Waals surface area (Å²) in [4.78, 5) is 12.1. The molecule has 0 fully saturated rings. The molecule has 2 rings (SSSR count). The SMILES string of the molecule is COCCOc1ccc(NC(=S)NC(=O)/C=C/c2ccc(OC)c(OC)c2)cc1. The molecule has 154 valence electrons. The molecular formula is C21H24N2O5S. The van der Waals surface area contributed by atoms with Gasteiger partial charge in [0, 0.05) is 18.9 Å². The van der Waals surface area contributed by atoms with Gasteiger partial charge in [0.1, 0.15) is 12.4 Å². The molecule has 2 aromatic carbocycles. The zero-order valence-corrected chi connectivity index (χ0v) is 17.4. The molecule has 0 aromatic heterocycles. The summed E-state index contributed by atoms with van der Waals surface area (Å²) in [6.07, 6.45) is 3.05. The van der Waals surface area contributed by atoms with Gasteiger partial charge in [-0.1, -0.05) is 6.07 Å². The first-order chi connectivity index (χ1) is 14.0. The highest BCUT2D eigenvalue weighted by atomic mass is 32.1. The lowest BCUT2D eigenvalue weighted by Crippen LogP contribution is -2.32. The van der Waals surface area contributed by atoms with Crippen LogP contribution in [0.3, 0.4) is 0 Å². The maximum Gasteiger partial charge on any atom is 0.250 e. The molecule has 0 atom stereocenters. The lowest BCUT2D eigenvalue weighted by Gasteiger charge is -2.10. The summed E-state index contributed by atoms with van der Waals surface area (Å²) in [6.45, 7) is 0.997. The second-order valence-electron chi connectivity index (χ2n) is 5.76. The largest absolute Gasteiger partial charge is 0.493 e. The maximum absolute atomic E-state index is 12.1. The monoisotopic (exact) mass is 416 g/mol. The number of benzene rings is 2. The molecule has 2 N–H and O–H groups in total. The first-order valence-corrected chi connectivity index (χ1v) is 9.20. The van der Waals surface area contributed by atoms with E-state index >= 15 is 0 Å². The lowest BCUT2D eigenvalue weighted by atomic mass is 10.2. The highest BCUT2D eigenvalue weighted by molar-refractivity contribution is 7.80. The Bertz CT molecular complexity index is 853. The molecule has 0 saturated heterocycles. The summed E-state index contributed by atoms with van der Waals surface area (Å²) in [5.41, 5.74) is 1.53. The Kier molecular flexibility index (Phi) is 8.94. The van der Waals surface area contributed by atoms with E-state index in [1.165, 1.54) is 6.08 Å². The van der Waals surface area contributed by atoms with Crippen molar-refractivity contribution in [3.63, 3.8) is 0 Å². The van der Waals surface area contributed by atoms with Crippen LogP contribution in [0.15, 0.2) is 48.5 Å². The molecule has 2 aromatic rings. The van der Waals surface area contributed by atoms with Crippen LogP contribution in [0.25, 0.3) is 6.08 Å². The van der Waals surface area contributed by atoms with Gasteiger partial charge in [-0.25, -0.2) is 0 Å². The van der Waals surface area contributed by atoms with Crippen molar-refractivity contribution < 1.29 is 23.7 Å². The van der Waals surface area contributed by atoms with Gasteiger partial charge >= 0.3 is 0 Å². The van der Waals surface area contributed by atoms with E-state index in [0.717, 1.165) is 17.0 Å². The van der Waals surface area contributed by atoms with Gasteiger partial charge in [0.2, 0.25) is 5.91 Å². The van der Waals surface area contributed by atoms with Gasteiger partial charge in [-0.05, 0) is 60.3 Å². The molecule has 0 aliphatic rings. The van der Waals surface area contributed by atoms with Crippen LogP contribution < -0.4 is 24.8 Å². The predicted octanol–water partition coefficient (Wildman–Crippen LogP) is 3.26. The van der Waals surface area contributed by atoms with Gasteiger partial charge in [0.15, 0.2) is 16.6 Å². The number of carbonyl (C=O) groups excluding carboxylic acids is 1. The second-order valence-corrected chi connectivity index (χ2v) is 6.17. The number of hydrogen-bond acceptors (Lipinski definition) is 6. The molecule has 1 amide bonds. The molecule has 29 heavy (non-hydrogen) atoms. The molecule has 7 nitrogen and oxygen atoms in total. The van der Waals surface area contributed by atoms with Crippen LogP contribution in [0.4, 0.5) is 5.69 Å². The topological polar surface area (TPSA) is 78.1 Å². The second kappa shape index (κ2) is 11.7. The molecule has 0 aliphatic carbocycles. The molecule has 8 heteroatoms. The van der Waals surface area contributed by atoms with Crippen molar-refractivity contribution in [1.82, 2.24) is 5.32 Å². The maximum atomic E-state index is 12.1.